The molecule has 0 spiro atoms. The monoisotopic (exact) mass is 243 g/mol. The Bertz CT molecular complexity index is 240. The topological polar surface area (TPSA) is 117 Å². The zero-order valence-corrected chi connectivity index (χ0v) is 9.09. The number of hydrogen-bond acceptors (Lipinski definition) is 7. The molecule has 0 rings (SSSR count). The molecule has 0 fully saturated rings. The van der Waals surface area contributed by atoms with Crippen LogP contribution in [0.5, 0.6) is 0 Å². The highest BCUT2D eigenvalue weighted by Gasteiger charge is 2.28. The van der Waals surface area contributed by atoms with Crippen molar-refractivity contribution in [2.24, 2.45) is 0 Å². The highest BCUT2D eigenvalue weighted by Crippen LogP contribution is 2.44. The standard InChI is InChI=1S/C6H14NO7P/c1-6(10)13-15(11,12)14-7(2-4-8)3-5-9/h8-9H,2-5H2,1H3,(H,11,12). The molecule has 0 bridgehead atoms. The second kappa shape index (κ2) is 6.89. The number of phosphoric acid groups is 1. The molecular weight excluding hydrogens is 229 g/mol. The van der Waals surface area contributed by atoms with Crippen LogP contribution in [0.25, 0.3) is 0 Å². The Balaban J connectivity index is 4.23. The maximum absolute atomic E-state index is 11.1. The molecule has 0 amide bonds. The van der Waals surface area contributed by atoms with E-state index in [0.717, 1.165) is 12.0 Å². The van der Waals surface area contributed by atoms with Crippen LogP contribution >= 0.6 is 7.82 Å². The third kappa shape index (κ3) is 7.43. The second-order valence-electron chi connectivity index (χ2n) is 2.51. The van der Waals surface area contributed by atoms with Crippen LogP contribution < -0.4 is 0 Å². The van der Waals surface area contributed by atoms with Crippen molar-refractivity contribution >= 4 is 13.8 Å². The maximum atomic E-state index is 11.1. The number of aliphatic hydroxyl groups is 2. The number of phosphoric ester groups is 1. The van der Waals surface area contributed by atoms with Crippen molar-refractivity contribution in [2.45, 2.75) is 6.92 Å². The van der Waals surface area contributed by atoms with E-state index < -0.39 is 13.8 Å². The number of hydrogen-bond donors (Lipinski definition) is 3. The summed E-state index contributed by atoms with van der Waals surface area (Å²) >= 11 is 0. The summed E-state index contributed by atoms with van der Waals surface area (Å²) < 4.78 is 19.5. The zero-order valence-electron chi connectivity index (χ0n) is 8.20. The lowest BCUT2D eigenvalue weighted by Crippen LogP contribution is -2.29. The van der Waals surface area contributed by atoms with Gasteiger partial charge >= 0.3 is 13.8 Å². The van der Waals surface area contributed by atoms with Crippen LogP contribution in [0.4, 0.5) is 0 Å². The van der Waals surface area contributed by atoms with Gasteiger partial charge in [-0.3, -0.25) is 9.69 Å². The van der Waals surface area contributed by atoms with E-state index in [1.165, 1.54) is 0 Å². The van der Waals surface area contributed by atoms with Crippen LogP contribution in [0.15, 0.2) is 0 Å². The lowest BCUT2D eigenvalue weighted by atomic mass is 10.6. The Kier molecular flexibility index (Phi) is 6.66. The van der Waals surface area contributed by atoms with Gasteiger partial charge in [-0.25, -0.2) is 4.57 Å². The number of nitrogens with zero attached hydrogens (tertiary/aromatic N) is 1. The van der Waals surface area contributed by atoms with Crippen molar-refractivity contribution in [3.63, 3.8) is 0 Å². The van der Waals surface area contributed by atoms with Crippen molar-refractivity contribution in [3.05, 3.63) is 0 Å². The van der Waals surface area contributed by atoms with E-state index in [2.05, 4.69) is 9.15 Å². The summed E-state index contributed by atoms with van der Waals surface area (Å²) in [6, 6.07) is 0. The largest absolute Gasteiger partial charge is 0.546 e. The maximum Gasteiger partial charge on any atom is 0.546 e. The molecule has 0 aliphatic carbocycles. The summed E-state index contributed by atoms with van der Waals surface area (Å²) in [6.07, 6.45) is 0. The molecule has 0 aliphatic rings. The van der Waals surface area contributed by atoms with Gasteiger partial charge in [0.1, 0.15) is 0 Å². The van der Waals surface area contributed by atoms with Crippen molar-refractivity contribution in [1.29, 1.82) is 0 Å². The summed E-state index contributed by atoms with van der Waals surface area (Å²) in [5.41, 5.74) is 0. The number of rotatable bonds is 7. The Hall–Kier alpha value is -0.500. The van der Waals surface area contributed by atoms with Gasteiger partial charge in [0.15, 0.2) is 0 Å². The molecule has 0 heterocycles. The lowest BCUT2D eigenvalue weighted by molar-refractivity contribution is -0.139. The molecule has 8 nitrogen and oxygen atoms in total. The van der Waals surface area contributed by atoms with Crippen LogP contribution in [0.1, 0.15) is 6.92 Å². The van der Waals surface area contributed by atoms with Gasteiger partial charge in [-0.05, 0) is 0 Å². The highest BCUT2D eigenvalue weighted by molar-refractivity contribution is 7.47. The molecule has 0 aromatic rings. The molecule has 1 unspecified atom stereocenters. The molecule has 0 radical (unpaired) electrons. The first-order valence-corrected chi connectivity index (χ1v) is 5.60. The summed E-state index contributed by atoms with van der Waals surface area (Å²) in [5, 5.41) is 18.0. The number of aliphatic hydroxyl groups excluding tert-OH is 2. The average molecular weight is 243 g/mol. The van der Waals surface area contributed by atoms with E-state index in [4.69, 9.17) is 15.1 Å². The Morgan fingerprint density at radius 1 is 1.33 bits per heavy atom. The summed E-state index contributed by atoms with van der Waals surface area (Å²) in [4.78, 5) is 19.4. The molecule has 0 aliphatic heterocycles. The van der Waals surface area contributed by atoms with Gasteiger partial charge in [-0.2, -0.15) is 9.69 Å². The molecule has 0 aromatic carbocycles. The van der Waals surface area contributed by atoms with Crippen LogP contribution in [0.2, 0.25) is 0 Å². The first-order valence-electron chi connectivity index (χ1n) is 4.10. The number of hydroxylamine groups is 2. The number of carbonyl (C=O) groups excluding carboxylic acids is 1. The molecule has 3 N–H and O–H groups in total. The molecule has 15 heavy (non-hydrogen) atoms. The third-order valence-electron chi connectivity index (χ3n) is 1.16. The van der Waals surface area contributed by atoms with E-state index in [1.807, 2.05) is 0 Å². The van der Waals surface area contributed by atoms with Gasteiger partial charge in [0.2, 0.25) is 0 Å². The van der Waals surface area contributed by atoms with Crippen molar-refractivity contribution in [1.82, 2.24) is 5.06 Å². The first-order chi connectivity index (χ1) is 6.91. The van der Waals surface area contributed by atoms with Gasteiger partial charge in [0, 0.05) is 20.0 Å². The summed E-state index contributed by atoms with van der Waals surface area (Å²) in [5.74, 6) is -0.964. The van der Waals surface area contributed by atoms with Crippen LogP contribution in [-0.2, 0) is 18.5 Å². The van der Waals surface area contributed by atoms with Gasteiger partial charge in [0.25, 0.3) is 0 Å². The first kappa shape index (κ1) is 14.5. The Morgan fingerprint density at radius 2 is 1.80 bits per heavy atom. The summed E-state index contributed by atoms with van der Waals surface area (Å²) in [7, 11) is -4.51. The van der Waals surface area contributed by atoms with E-state index in [0.29, 0.717) is 0 Å². The Labute approximate surface area is 86.6 Å². The highest BCUT2D eigenvalue weighted by atomic mass is 31.2. The fraction of sp³-hybridized carbons (Fsp3) is 0.833. The molecule has 0 saturated carbocycles. The van der Waals surface area contributed by atoms with E-state index in [-0.39, 0.29) is 26.3 Å². The smallest absolute Gasteiger partial charge is 0.395 e. The summed E-state index contributed by atoms with van der Waals surface area (Å²) in [6.45, 7) is 0.105. The predicted molar refractivity (Wildman–Crippen MR) is 48.4 cm³/mol. The van der Waals surface area contributed by atoms with Gasteiger partial charge in [-0.15, -0.1) is 0 Å². The minimum Gasteiger partial charge on any atom is -0.395 e. The van der Waals surface area contributed by atoms with Crippen molar-refractivity contribution in [3.8, 4) is 0 Å². The average Bonchev–Trinajstić information content (AvgIpc) is 2.01. The minimum absolute atomic E-state index is 0.0909. The van der Waals surface area contributed by atoms with Crippen molar-refractivity contribution < 1.29 is 33.6 Å². The molecule has 0 aromatic heterocycles. The normalized spacial score (nSPS) is 15.0. The molecule has 90 valence electrons. The Morgan fingerprint density at radius 3 is 2.13 bits per heavy atom. The minimum atomic E-state index is -4.51. The van der Waals surface area contributed by atoms with Crippen LogP contribution in [0.3, 0.4) is 0 Å². The van der Waals surface area contributed by atoms with Gasteiger partial charge in [-0.1, -0.05) is 0 Å². The van der Waals surface area contributed by atoms with E-state index in [1.54, 1.807) is 0 Å². The third-order valence-corrected chi connectivity index (χ3v) is 2.09. The predicted octanol–water partition coefficient (Wildman–Crippen LogP) is -1.13. The van der Waals surface area contributed by atoms with Crippen molar-refractivity contribution in [2.75, 3.05) is 26.3 Å². The van der Waals surface area contributed by atoms with E-state index in [9.17, 15) is 9.36 Å². The lowest BCUT2D eigenvalue weighted by Gasteiger charge is -2.21. The second-order valence-corrected chi connectivity index (χ2v) is 3.79. The fourth-order valence-electron chi connectivity index (χ4n) is 0.742. The molecule has 9 heteroatoms. The molecular formula is C6H14NO7P. The zero-order chi connectivity index (χ0) is 11.9. The van der Waals surface area contributed by atoms with E-state index >= 15 is 0 Å². The number of carbonyl (C=O) groups is 1. The quantitative estimate of drug-likeness (QED) is 0.380. The fourth-order valence-corrected chi connectivity index (χ4v) is 1.55. The van der Waals surface area contributed by atoms with Crippen LogP contribution in [0, 0.1) is 0 Å². The molecule has 0 saturated heterocycles. The van der Waals surface area contributed by atoms with Gasteiger partial charge < -0.3 is 14.7 Å². The SMILES string of the molecule is CC(=O)OP(=O)(O)ON(CCO)CCO. The van der Waals surface area contributed by atoms with Gasteiger partial charge in [0.05, 0.1) is 13.2 Å². The van der Waals surface area contributed by atoms with Crippen LogP contribution in [-0.4, -0.2) is 52.4 Å². The molecule has 1 atom stereocenters.